The summed E-state index contributed by atoms with van der Waals surface area (Å²) in [4.78, 5) is 33.9. The molecule has 0 aliphatic heterocycles. The van der Waals surface area contributed by atoms with Crippen LogP contribution in [0.25, 0.3) is 11.3 Å². The Labute approximate surface area is 178 Å². The third-order valence-electron chi connectivity index (χ3n) is 4.04. The molecule has 2 N–H and O–H groups in total. The van der Waals surface area contributed by atoms with Crippen LogP contribution in [0.4, 0.5) is 32.1 Å². The largest absolute Gasteiger partial charge is 0.347 e. The first kappa shape index (κ1) is 21.9. The quantitative estimate of drug-likeness (QED) is 0.614. The summed E-state index contributed by atoms with van der Waals surface area (Å²) in [6.07, 6.45) is 3.13. The third-order valence-corrected chi connectivity index (χ3v) is 4.04. The first-order chi connectivity index (χ1) is 14.5. The molecule has 11 heteroatoms. The van der Waals surface area contributed by atoms with Gasteiger partial charge in [0.25, 0.3) is 0 Å². The van der Waals surface area contributed by atoms with Gasteiger partial charge in [0.1, 0.15) is 11.6 Å². The normalized spacial score (nSPS) is 11.2. The van der Waals surface area contributed by atoms with E-state index in [1.165, 1.54) is 13.1 Å². The van der Waals surface area contributed by atoms with Crippen molar-refractivity contribution in [2.24, 2.45) is 0 Å². The number of carbonyl (C=O) groups is 1. The maximum absolute atomic E-state index is 13.8. The molecule has 0 aliphatic carbocycles. The number of nitrogens with zero attached hydrogens (tertiary/aromatic N) is 6. The molecule has 0 aliphatic rings. The molecule has 3 heterocycles. The van der Waals surface area contributed by atoms with Gasteiger partial charge in [-0.25, -0.2) is 24.9 Å². The Bertz CT molecular complexity index is 1110. The van der Waals surface area contributed by atoms with Crippen molar-refractivity contribution in [1.82, 2.24) is 24.9 Å². The molecule has 0 saturated heterocycles. The highest BCUT2D eigenvalue weighted by Gasteiger charge is 2.29. The van der Waals surface area contributed by atoms with E-state index in [4.69, 9.17) is 0 Å². The summed E-state index contributed by atoms with van der Waals surface area (Å²) < 4.78 is 27.6. The molecule has 0 fully saturated rings. The van der Waals surface area contributed by atoms with Crippen LogP contribution in [0.1, 0.15) is 25.4 Å². The fraction of sp³-hybridized carbons (Fsp3) is 0.300. The van der Waals surface area contributed by atoms with Crippen molar-refractivity contribution in [3.05, 3.63) is 42.1 Å². The molecule has 1 amide bonds. The number of hydrogen-bond donors (Lipinski definition) is 2. The number of hydrogen-bond acceptors (Lipinski definition) is 8. The molecule has 0 aromatic carbocycles. The van der Waals surface area contributed by atoms with E-state index in [1.54, 1.807) is 36.2 Å². The maximum atomic E-state index is 13.8. The van der Waals surface area contributed by atoms with Crippen LogP contribution in [0.15, 0.2) is 30.6 Å². The van der Waals surface area contributed by atoms with Gasteiger partial charge < -0.3 is 15.5 Å². The molecule has 0 unspecified atom stereocenters. The van der Waals surface area contributed by atoms with Crippen molar-refractivity contribution in [3.8, 4) is 11.3 Å². The van der Waals surface area contributed by atoms with Gasteiger partial charge in [0.2, 0.25) is 17.7 Å². The topological polar surface area (TPSA) is 109 Å². The highest BCUT2D eigenvalue weighted by molar-refractivity contribution is 5.89. The standard InChI is InChI=1S/C20H22F2N8O/c1-11-8-17(29-18(25-11)20(3,21)22)27-15-9-16(26-12(2)31)24-10-13(15)14-6-7-23-19(28-14)30(4)5/h6-10H,1-5H3,(H2,24,25,26,27,29,31). The van der Waals surface area contributed by atoms with Gasteiger partial charge in [-0.3, -0.25) is 4.79 Å². The lowest BCUT2D eigenvalue weighted by Crippen LogP contribution is -2.15. The van der Waals surface area contributed by atoms with E-state index in [2.05, 4.69) is 35.6 Å². The zero-order valence-electron chi connectivity index (χ0n) is 17.7. The molecule has 0 radical (unpaired) electrons. The SMILES string of the molecule is CC(=O)Nc1cc(Nc2cc(C)nc(C(C)(F)F)n2)c(-c2ccnc(N(C)C)n2)cn1. The second-order valence-corrected chi connectivity index (χ2v) is 7.16. The fourth-order valence-corrected chi connectivity index (χ4v) is 2.69. The summed E-state index contributed by atoms with van der Waals surface area (Å²) >= 11 is 0. The number of amides is 1. The average molecular weight is 428 g/mol. The average Bonchev–Trinajstić information content (AvgIpc) is 2.66. The van der Waals surface area contributed by atoms with Crippen LogP contribution in [0, 0.1) is 6.92 Å². The van der Waals surface area contributed by atoms with Crippen LogP contribution in [-0.2, 0) is 10.7 Å². The predicted molar refractivity (Wildman–Crippen MR) is 114 cm³/mol. The molecule has 0 atom stereocenters. The lowest BCUT2D eigenvalue weighted by atomic mass is 10.1. The highest BCUT2D eigenvalue weighted by atomic mass is 19.3. The van der Waals surface area contributed by atoms with E-state index in [1.807, 2.05) is 14.1 Å². The number of rotatable bonds is 6. The van der Waals surface area contributed by atoms with Crippen LogP contribution in [0.3, 0.4) is 0 Å². The molecule has 3 aromatic heterocycles. The number of pyridine rings is 1. The number of anilines is 4. The Morgan fingerprint density at radius 1 is 1.10 bits per heavy atom. The van der Waals surface area contributed by atoms with Crippen LogP contribution in [-0.4, -0.2) is 44.9 Å². The Morgan fingerprint density at radius 2 is 1.84 bits per heavy atom. The van der Waals surface area contributed by atoms with Gasteiger partial charge >= 0.3 is 5.92 Å². The van der Waals surface area contributed by atoms with Gasteiger partial charge in [0.05, 0.1) is 11.4 Å². The van der Waals surface area contributed by atoms with Gasteiger partial charge in [-0.1, -0.05) is 0 Å². The number of carbonyl (C=O) groups excluding carboxylic acids is 1. The number of nitrogens with one attached hydrogen (secondary N) is 2. The van der Waals surface area contributed by atoms with E-state index < -0.39 is 11.7 Å². The maximum Gasteiger partial charge on any atom is 0.303 e. The summed E-state index contributed by atoms with van der Waals surface area (Å²) in [5.74, 6) is -3.14. The molecular weight excluding hydrogens is 406 g/mol. The molecule has 31 heavy (non-hydrogen) atoms. The van der Waals surface area contributed by atoms with E-state index in [9.17, 15) is 13.6 Å². The molecule has 0 bridgehead atoms. The predicted octanol–water partition coefficient (Wildman–Crippen LogP) is 3.52. The summed E-state index contributed by atoms with van der Waals surface area (Å²) in [7, 11) is 3.62. The zero-order valence-corrected chi connectivity index (χ0v) is 17.7. The van der Waals surface area contributed by atoms with Crippen molar-refractivity contribution in [3.63, 3.8) is 0 Å². The van der Waals surface area contributed by atoms with Crippen molar-refractivity contribution >= 4 is 29.2 Å². The van der Waals surface area contributed by atoms with E-state index in [-0.39, 0.29) is 17.5 Å². The summed E-state index contributed by atoms with van der Waals surface area (Å²) in [6.45, 7) is 3.70. The Morgan fingerprint density at radius 3 is 2.48 bits per heavy atom. The molecule has 9 nitrogen and oxygen atoms in total. The van der Waals surface area contributed by atoms with Crippen molar-refractivity contribution in [2.75, 3.05) is 29.6 Å². The second-order valence-electron chi connectivity index (χ2n) is 7.16. The zero-order chi connectivity index (χ0) is 22.8. The lowest BCUT2D eigenvalue weighted by Gasteiger charge is -2.16. The summed E-state index contributed by atoms with van der Waals surface area (Å²) in [5, 5.41) is 5.64. The number of alkyl halides is 2. The molecule has 3 aromatic rings. The summed E-state index contributed by atoms with van der Waals surface area (Å²) in [5.41, 5.74) is 1.96. The molecule has 0 spiro atoms. The van der Waals surface area contributed by atoms with Crippen LogP contribution in [0.5, 0.6) is 0 Å². The van der Waals surface area contributed by atoms with Crippen molar-refractivity contribution in [2.45, 2.75) is 26.7 Å². The first-order valence-corrected chi connectivity index (χ1v) is 9.32. The third kappa shape index (κ3) is 5.44. The minimum absolute atomic E-state index is 0.173. The molecular formula is C20H22F2N8O. The molecule has 3 rings (SSSR count). The van der Waals surface area contributed by atoms with Gasteiger partial charge in [-0.05, 0) is 13.0 Å². The minimum atomic E-state index is -3.20. The fourth-order valence-electron chi connectivity index (χ4n) is 2.69. The van der Waals surface area contributed by atoms with Gasteiger partial charge in [-0.2, -0.15) is 8.78 Å². The number of halogens is 2. The summed E-state index contributed by atoms with van der Waals surface area (Å²) in [6, 6.07) is 4.82. The Hall–Kier alpha value is -3.76. The molecule has 162 valence electrons. The lowest BCUT2D eigenvalue weighted by molar-refractivity contribution is -0.114. The first-order valence-electron chi connectivity index (χ1n) is 9.32. The second kappa shape index (κ2) is 8.54. The van der Waals surface area contributed by atoms with E-state index in [0.717, 1.165) is 6.92 Å². The Balaban J connectivity index is 2.10. The Kier molecular flexibility index (Phi) is 6.04. The minimum Gasteiger partial charge on any atom is -0.347 e. The van der Waals surface area contributed by atoms with Crippen molar-refractivity contribution in [1.29, 1.82) is 0 Å². The van der Waals surface area contributed by atoms with E-state index >= 15 is 0 Å². The van der Waals surface area contributed by atoms with Gasteiger partial charge in [-0.15, -0.1) is 0 Å². The van der Waals surface area contributed by atoms with Gasteiger partial charge in [0.15, 0.2) is 0 Å². The monoisotopic (exact) mass is 428 g/mol. The van der Waals surface area contributed by atoms with E-state index in [0.29, 0.717) is 28.6 Å². The van der Waals surface area contributed by atoms with Crippen molar-refractivity contribution < 1.29 is 13.6 Å². The number of aromatic nitrogens is 5. The highest BCUT2D eigenvalue weighted by Crippen LogP contribution is 2.32. The molecule has 0 saturated carbocycles. The van der Waals surface area contributed by atoms with Crippen LogP contribution < -0.4 is 15.5 Å². The van der Waals surface area contributed by atoms with Crippen LogP contribution in [0.2, 0.25) is 0 Å². The van der Waals surface area contributed by atoms with Crippen LogP contribution >= 0.6 is 0 Å². The smallest absolute Gasteiger partial charge is 0.303 e. The van der Waals surface area contributed by atoms with Gasteiger partial charge in [0, 0.05) is 63.7 Å². The number of aryl methyl sites for hydroxylation is 1.